The highest BCUT2D eigenvalue weighted by Crippen LogP contribution is 2.35. The number of carbonyl (C=O) groups excluding carboxylic acids is 2. The number of benzene rings is 1. The maximum Gasteiger partial charge on any atom is 0.269 e. The second-order valence-electron chi connectivity index (χ2n) is 10.6. The highest BCUT2D eigenvalue weighted by Gasteiger charge is 2.40. The topological polar surface area (TPSA) is 119 Å². The molecule has 10 heteroatoms. The van der Waals surface area contributed by atoms with Crippen LogP contribution in [0.25, 0.3) is 16.8 Å². The van der Waals surface area contributed by atoms with Gasteiger partial charge in [-0.25, -0.2) is 4.98 Å². The van der Waals surface area contributed by atoms with Crippen LogP contribution in [0.2, 0.25) is 0 Å². The number of hydrogen-bond donors (Lipinski definition) is 1. The summed E-state index contributed by atoms with van der Waals surface area (Å²) in [5.41, 5.74) is 3.25. The van der Waals surface area contributed by atoms with E-state index in [2.05, 4.69) is 5.32 Å². The van der Waals surface area contributed by atoms with Gasteiger partial charge in [-0.15, -0.1) is 0 Å². The molecule has 2 fully saturated rings. The van der Waals surface area contributed by atoms with Gasteiger partial charge in [0.25, 0.3) is 5.69 Å². The summed E-state index contributed by atoms with van der Waals surface area (Å²) in [5, 5.41) is 14.2. The third-order valence-electron chi connectivity index (χ3n) is 8.13. The number of nitrogens with one attached hydrogen (secondary N) is 1. The second-order valence-corrected chi connectivity index (χ2v) is 10.6. The van der Waals surface area contributed by atoms with Crippen LogP contribution in [0.5, 0.6) is 0 Å². The molecule has 10 nitrogen and oxygen atoms in total. The van der Waals surface area contributed by atoms with Gasteiger partial charge in [-0.05, 0) is 67.9 Å². The average molecular weight is 534 g/mol. The van der Waals surface area contributed by atoms with Crippen LogP contribution in [0.4, 0.5) is 5.69 Å². The maximum atomic E-state index is 14.0. The number of nitrogens with zero attached hydrogens (tertiary/aromatic N) is 4. The molecule has 206 valence electrons. The van der Waals surface area contributed by atoms with Crippen LogP contribution in [-0.2, 0) is 14.3 Å². The molecule has 5 rings (SSSR count). The summed E-state index contributed by atoms with van der Waals surface area (Å²) in [6.07, 6.45) is 7.72. The molecule has 2 amide bonds. The predicted octanol–water partition coefficient (Wildman–Crippen LogP) is 4.53. The number of aromatic nitrogens is 2. The Morgan fingerprint density at radius 2 is 1.92 bits per heavy atom. The van der Waals surface area contributed by atoms with Crippen LogP contribution in [0, 0.1) is 22.0 Å². The smallest absolute Gasteiger partial charge is 0.269 e. The molecule has 2 aliphatic heterocycles. The van der Waals surface area contributed by atoms with Crippen molar-refractivity contribution in [3.63, 3.8) is 0 Å². The van der Waals surface area contributed by atoms with Gasteiger partial charge in [0.1, 0.15) is 11.7 Å². The minimum Gasteiger partial charge on any atom is -0.381 e. The molecule has 0 unspecified atom stereocenters. The number of likely N-dealkylation sites (tertiary alicyclic amines) is 1. The van der Waals surface area contributed by atoms with Gasteiger partial charge in [0.05, 0.1) is 16.7 Å². The number of fused-ring (bicyclic) bond motifs is 1. The lowest BCUT2D eigenvalue weighted by atomic mass is 9.90. The monoisotopic (exact) mass is 533 g/mol. The summed E-state index contributed by atoms with van der Waals surface area (Å²) in [5.74, 6) is -0.256. The van der Waals surface area contributed by atoms with E-state index in [9.17, 15) is 19.7 Å². The van der Waals surface area contributed by atoms with E-state index in [0.717, 1.165) is 48.2 Å². The Kier molecular flexibility index (Phi) is 7.92. The van der Waals surface area contributed by atoms with Gasteiger partial charge in [0, 0.05) is 55.8 Å². The van der Waals surface area contributed by atoms with Gasteiger partial charge in [-0.2, -0.15) is 0 Å². The van der Waals surface area contributed by atoms with Gasteiger partial charge >= 0.3 is 0 Å². The van der Waals surface area contributed by atoms with Gasteiger partial charge in [0.2, 0.25) is 11.8 Å². The fourth-order valence-electron chi connectivity index (χ4n) is 5.61. The van der Waals surface area contributed by atoms with Gasteiger partial charge in [-0.3, -0.25) is 19.7 Å². The van der Waals surface area contributed by atoms with Crippen LogP contribution in [0.3, 0.4) is 0 Å². The van der Waals surface area contributed by atoms with Crippen molar-refractivity contribution in [1.82, 2.24) is 19.6 Å². The number of carbonyl (C=O) groups is 2. The Bertz CT molecular complexity index is 1350. The molecule has 39 heavy (non-hydrogen) atoms. The Balaban J connectivity index is 1.43. The maximum absolute atomic E-state index is 14.0. The summed E-state index contributed by atoms with van der Waals surface area (Å²) in [4.78, 5) is 44.4. The first-order chi connectivity index (χ1) is 18.9. The molecule has 4 heterocycles. The van der Waals surface area contributed by atoms with Gasteiger partial charge < -0.3 is 19.4 Å². The van der Waals surface area contributed by atoms with Gasteiger partial charge in [0.15, 0.2) is 0 Å². The summed E-state index contributed by atoms with van der Waals surface area (Å²) in [6.45, 7) is 5.66. The Morgan fingerprint density at radius 3 is 2.62 bits per heavy atom. The minimum atomic E-state index is -0.580. The summed E-state index contributed by atoms with van der Waals surface area (Å²) in [6, 6.07) is 9.52. The molecule has 1 aromatic carbocycles. The highest BCUT2D eigenvalue weighted by molar-refractivity contribution is 5.89. The molecule has 1 N–H and O–H groups in total. The molecular weight excluding hydrogens is 498 g/mol. The first-order valence-electron chi connectivity index (χ1n) is 13.8. The second kappa shape index (κ2) is 11.5. The van der Waals surface area contributed by atoms with Crippen molar-refractivity contribution >= 4 is 23.1 Å². The van der Waals surface area contributed by atoms with E-state index < -0.39 is 11.0 Å². The van der Waals surface area contributed by atoms with E-state index in [0.29, 0.717) is 26.2 Å². The van der Waals surface area contributed by atoms with Crippen molar-refractivity contribution in [2.24, 2.45) is 11.8 Å². The lowest BCUT2D eigenvalue weighted by Gasteiger charge is -2.35. The quantitative estimate of drug-likeness (QED) is 0.336. The number of hydrogen-bond acceptors (Lipinski definition) is 6. The molecule has 2 saturated heterocycles. The molecule has 2 aromatic heterocycles. The number of imidazole rings is 1. The average Bonchev–Trinajstić information content (AvgIpc) is 3.63. The number of rotatable bonds is 8. The largest absolute Gasteiger partial charge is 0.381 e. The van der Waals surface area contributed by atoms with Gasteiger partial charge in [-0.1, -0.05) is 13.8 Å². The van der Waals surface area contributed by atoms with E-state index in [1.165, 1.54) is 12.1 Å². The number of ether oxygens (including phenoxy) is 1. The number of pyridine rings is 1. The van der Waals surface area contributed by atoms with Crippen molar-refractivity contribution in [1.29, 1.82) is 0 Å². The molecule has 0 saturated carbocycles. The van der Waals surface area contributed by atoms with Crippen molar-refractivity contribution in [2.45, 2.75) is 58.0 Å². The predicted molar refractivity (Wildman–Crippen MR) is 146 cm³/mol. The molecule has 3 atom stereocenters. The Labute approximate surface area is 227 Å². The van der Waals surface area contributed by atoms with E-state index in [4.69, 9.17) is 9.72 Å². The molecular formula is C29H35N5O5. The highest BCUT2D eigenvalue weighted by atomic mass is 16.6. The molecule has 2 aliphatic rings. The lowest BCUT2D eigenvalue weighted by molar-refractivity contribution is -0.384. The van der Waals surface area contributed by atoms with Crippen LogP contribution < -0.4 is 5.32 Å². The van der Waals surface area contributed by atoms with E-state index in [1.807, 2.05) is 47.7 Å². The standard InChI is InChI=1S/C29H35N5O5/c1-3-19(2)28(35)31-26(21-12-16-39-17-13-21)29(36)33-15-5-7-25(33)24-18-32-14-4-6-23(27(32)30-24)20-8-10-22(11-9-20)34(37)38/h4,6,8-11,14,18-19,21,25-26H,3,5,7,12-13,15-17H2,1-2H3,(H,31,35)/t19-,25+,26+/m1/s1. The third kappa shape index (κ3) is 5.52. The Morgan fingerprint density at radius 1 is 1.18 bits per heavy atom. The minimum absolute atomic E-state index is 0.0364. The SMILES string of the molecule is CC[C@@H](C)C(=O)N[C@H](C(=O)N1CCC[C@H]1c1cn2cccc(-c3ccc([N+](=O)[O-])cc3)c2n1)C1CCOCC1. The molecule has 0 aliphatic carbocycles. The van der Waals surface area contributed by atoms with E-state index >= 15 is 0 Å². The number of non-ortho nitro benzene ring substituents is 1. The van der Waals surface area contributed by atoms with Crippen molar-refractivity contribution in [3.05, 3.63) is 64.6 Å². The third-order valence-corrected chi connectivity index (χ3v) is 8.13. The summed E-state index contributed by atoms with van der Waals surface area (Å²) >= 11 is 0. The summed E-state index contributed by atoms with van der Waals surface area (Å²) < 4.78 is 7.47. The normalized spacial score (nSPS) is 19.6. The number of nitro benzene ring substituents is 1. The van der Waals surface area contributed by atoms with Crippen LogP contribution in [0.1, 0.15) is 57.7 Å². The zero-order valence-electron chi connectivity index (χ0n) is 22.4. The molecule has 0 bridgehead atoms. The lowest BCUT2D eigenvalue weighted by Crippen LogP contribution is -2.54. The van der Waals surface area contributed by atoms with Crippen molar-refractivity contribution in [2.75, 3.05) is 19.8 Å². The fraction of sp³-hybridized carbons (Fsp3) is 0.483. The van der Waals surface area contributed by atoms with Crippen molar-refractivity contribution in [3.8, 4) is 11.1 Å². The van der Waals surface area contributed by atoms with E-state index in [1.54, 1.807) is 12.1 Å². The fourth-order valence-corrected chi connectivity index (χ4v) is 5.61. The first-order valence-corrected chi connectivity index (χ1v) is 13.8. The zero-order valence-corrected chi connectivity index (χ0v) is 22.4. The summed E-state index contributed by atoms with van der Waals surface area (Å²) in [7, 11) is 0. The van der Waals surface area contributed by atoms with E-state index in [-0.39, 0.29) is 35.4 Å². The number of nitro groups is 1. The molecule has 0 radical (unpaired) electrons. The van der Waals surface area contributed by atoms with Crippen molar-refractivity contribution < 1.29 is 19.2 Å². The zero-order chi connectivity index (χ0) is 27.5. The molecule has 0 spiro atoms. The van der Waals surface area contributed by atoms with Crippen LogP contribution >= 0.6 is 0 Å². The Hall–Kier alpha value is -3.79. The van der Waals surface area contributed by atoms with Crippen LogP contribution in [0.15, 0.2) is 48.8 Å². The van der Waals surface area contributed by atoms with Crippen LogP contribution in [-0.4, -0.2) is 56.8 Å². The molecule has 3 aromatic rings. The first kappa shape index (κ1) is 26.8. The number of amides is 2.